The van der Waals surface area contributed by atoms with Gasteiger partial charge in [0.05, 0.1) is 29.6 Å². The molecule has 3 heterocycles. The second-order valence-electron chi connectivity index (χ2n) is 9.90. The van der Waals surface area contributed by atoms with Gasteiger partial charge in [-0.25, -0.2) is 9.97 Å². The average Bonchev–Trinajstić information content (AvgIpc) is 3.43. The number of fused-ring (bicyclic) bond motifs is 2. The van der Waals surface area contributed by atoms with Crippen LogP contribution in [-0.4, -0.2) is 55.8 Å². The maximum absolute atomic E-state index is 12.7. The number of aryl methyl sites for hydroxylation is 1. The smallest absolute Gasteiger partial charge is 0.248 e. The quantitative estimate of drug-likeness (QED) is 0.280. The molecule has 0 aliphatic heterocycles. The first-order valence-corrected chi connectivity index (χ1v) is 12.5. The molecule has 0 aliphatic carbocycles. The van der Waals surface area contributed by atoms with Gasteiger partial charge in [-0.3, -0.25) is 9.48 Å². The standard InChI is InChI=1S/C29H32N8O/c1-19(2)14-27(38)33-25-16-21(15-20-17-31-37(28(20)25)13-12-35(3)4)32-29-30-11-10-24(34-29)23-18-36(5)26-9-7-6-8-22(23)26/h6-11,14-18H,12-13H2,1-5H3,(H,33,38)(H,30,32,34). The third-order valence-corrected chi connectivity index (χ3v) is 6.26. The summed E-state index contributed by atoms with van der Waals surface area (Å²) in [6.45, 7) is 5.32. The first-order chi connectivity index (χ1) is 18.3. The Hall–Kier alpha value is -4.50. The van der Waals surface area contributed by atoms with E-state index in [-0.39, 0.29) is 5.91 Å². The van der Waals surface area contributed by atoms with Crippen LogP contribution < -0.4 is 10.6 Å². The van der Waals surface area contributed by atoms with Crippen LogP contribution in [0.3, 0.4) is 0 Å². The number of nitrogens with zero attached hydrogens (tertiary/aromatic N) is 6. The predicted octanol–water partition coefficient (Wildman–Crippen LogP) is 5.19. The Bertz CT molecular complexity index is 1660. The summed E-state index contributed by atoms with van der Waals surface area (Å²) in [4.78, 5) is 24.0. The van der Waals surface area contributed by atoms with E-state index in [0.29, 0.717) is 18.2 Å². The van der Waals surface area contributed by atoms with E-state index < -0.39 is 0 Å². The van der Waals surface area contributed by atoms with Gasteiger partial charge in [0.1, 0.15) is 0 Å². The van der Waals surface area contributed by atoms with Gasteiger partial charge in [-0.2, -0.15) is 5.10 Å². The van der Waals surface area contributed by atoms with Gasteiger partial charge in [-0.1, -0.05) is 23.8 Å². The average molecular weight is 509 g/mol. The molecule has 194 valence electrons. The van der Waals surface area contributed by atoms with E-state index in [1.54, 1.807) is 12.3 Å². The molecule has 0 bridgehead atoms. The zero-order chi connectivity index (χ0) is 26.8. The molecule has 5 rings (SSSR count). The predicted molar refractivity (Wildman–Crippen MR) is 154 cm³/mol. The van der Waals surface area contributed by atoms with Crippen molar-refractivity contribution in [2.45, 2.75) is 20.4 Å². The molecule has 9 heteroatoms. The van der Waals surface area contributed by atoms with Crippen molar-refractivity contribution in [1.82, 2.24) is 29.2 Å². The van der Waals surface area contributed by atoms with Gasteiger partial charge < -0.3 is 20.1 Å². The van der Waals surface area contributed by atoms with Gasteiger partial charge >= 0.3 is 0 Å². The molecule has 38 heavy (non-hydrogen) atoms. The van der Waals surface area contributed by atoms with Crippen LogP contribution in [0.5, 0.6) is 0 Å². The van der Waals surface area contributed by atoms with Crippen molar-refractivity contribution in [3.05, 3.63) is 72.7 Å². The molecule has 9 nitrogen and oxygen atoms in total. The van der Waals surface area contributed by atoms with Crippen LogP contribution in [0.15, 0.2) is 72.7 Å². The molecule has 2 aromatic carbocycles. The molecule has 0 spiro atoms. The van der Waals surface area contributed by atoms with Crippen LogP contribution >= 0.6 is 0 Å². The second-order valence-corrected chi connectivity index (χ2v) is 9.90. The molecule has 0 saturated heterocycles. The Morgan fingerprint density at radius 2 is 1.95 bits per heavy atom. The lowest BCUT2D eigenvalue weighted by molar-refractivity contribution is -0.111. The molecule has 0 unspecified atom stereocenters. The Kier molecular flexibility index (Phi) is 6.93. The fourth-order valence-corrected chi connectivity index (χ4v) is 4.54. The molecule has 5 aromatic rings. The maximum Gasteiger partial charge on any atom is 0.248 e. The lowest BCUT2D eigenvalue weighted by atomic mass is 10.1. The number of hydrogen-bond donors (Lipinski definition) is 2. The molecular formula is C29H32N8O. The minimum absolute atomic E-state index is 0.182. The number of anilines is 3. The Morgan fingerprint density at radius 3 is 2.74 bits per heavy atom. The zero-order valence-corrected chi connectivity index (χ0v) is 22.4. The van der Waals surface area contributed by atoms with Crippen molar-refractivity contribution in [3.8, 4) is 11.3 Å². The molecule has 1 amide bonds. The highest BCUT2D eigenvalue weighted by Crippen LogP contribution is 2.32. The monoisotopic (exact) mass is 508 g/mol. The summed E-state index contributed by atoms with van der Waals surface area (Å²) in [5, 5.41) is 13.0. The molecule has 2 N–H and O–H groups in total. The van der Waals surface area contributed by atoms with Crippen LogP contribution in [0.1, 0.15) is 13.8 Å². The van der Waals surface area contributed by atoms with Crippen molar-refractivity contribution >= 4 is 45.0 Å². The first-order valence-electron chi connectivity index (χ1n) is 12.5. The maximum atomic E-state index is 12.7. The number of aromatic nitrogens is 5. The Morgan fingerprint density at radius 1 is 1.13 bits per heavy atom. The first kappa shape index (κ1) is 25.2. The molecule has 0 radical (unpaired) electrons. The normalized spacial score (nSPS) is 11.3. The van der Waals surface area contributed by atoms with Crippen molar-refractivity contribution in [3.63, 3.8) is 0 Å². The fraction of sp³-hybridized carbons (Fsp3) is 0.241. The Balaban J connectivity index is 1.51. The molecule has 0 aliphatic rings. The summed E-state index contributed by atoms with van der Waals surface area (Å²) in [5.74, 6) is 0.286. The number of rotatable bonds is 8. The minimum Gasteiger partial charge on any atom is -0.350 e. The van der Waals surface area contributed by atoms with Crippen molar-refractivity contribution in [2.75, 3.05) is 31.3 Å². The fourth-order valence-electron chi connectivity index (χ4n) is 4.54. The summed E-state index contributed by atoms with van der Waals surface area (Å²) in [6.07, 6.45) is 7.24. The summed E-state index contributed by atoms with van der Waals surface area (Å²) in [6, 6.07) is 14.1. The van der Waals surface area contributed by atoms with E-state index in [2.05, 4.69) is 48.5 Å². The van der Waals surface area contributed by atoms with E-state index in [9.17, 15) is 4.79 Å². The second kappa shape index (κ2) is 10.5. The summed E-state index contributed by atoms with van der Waals surface area (Å²) >= 11 is 0. The van der Waals surface area contributed by atoms with Crippen molar-refractivity contribution < 1.29 is 4.79 Å². The number of carbonyl (C=O) groups excluding carboxylic acids is 1. The molecule has 3 aromatic heterocycles. The van der Waals surface area contributed by atoms with Gasteiger partial charge in [0.2, 0.25) is 11.9 Å². The lowest BCUT2D eigenvalue weighted by Gasteiger charge is -2.14. The lowest BCUT2D eigenvalue weighted by Crippen LogP contribution is -2.19. The number of amides is 1. The summed E-state index contributed by atoms with van der Waals surface area (Å²) < 4.78 is 4.03. The van der Waals surface area contributed by atoms with E-state index in [0.717, 1.165) is 50.9 Å². The van der Waals surface area contributed by atoms with Gasteiger partial charge in [0.25, 0.3) is 0 Å². The molecular weight excluding hydrogens is 476 g/mol. The molecule has 0 saturated carbocycles. The van der Waals surface area contributed by atoms with Gasteiger partial charge in [0.15, 0.2) is 0 Å². The number of likely N-dealkylation sites (N-methyl/N-ethyl adjacent to an activating group) is 1. The Labute approximate surface area is 221 Å². The van der Waals surface area contributed by atoms with Crippen molar-refractivity contribution in [2.24, 2.45) is 7.05 Å². The summed E-state index contributed by atoms with van der Waals surface area (Å²) in [5.41, 5.74) is 6.24. The summed E-state index contributed by atoms with van der Waals surface area (Å²) in [7, 11) is 6.08. The largest absolute Gasteiger partial charge is 0.350 e. The highest BCUT2D eigenvalue weighted by Gasteiger charge is 2.15. The highest BCUT2D eigenvalue weighted by atomic mass is 16.1. The van der Waals surface area contributed by atoms with Gasteiger partial charge in [-0.15, -0.1) is 0 Å². The SMILES string of the molecule is CC(C)=CC(=O)Nc1cc(Nc2nccc(-c3cn(C)c4ccccc34)n2)cc2cnn(CCN(C)C)c12. The van der Waals surface area contributed by atoms with E-state index >= 15 is 0 Å². The van der Waals surface area contributed by atoms with Crippen LogP contribution in [0.2, 0.25) is 0 Å². The van der Waals surface area contributed by atoms with E-state index in [1.807, 2.05) is 76.2 Å². The number of allylic oxidation sites excluding steroid dienone is 1. The van der Waals surface area contributed by atoms with Gasteiger partial charge in [-0.05, 0) is 52.2 Å². The van der Waals surface area contributed by atoms with Crippen molar-refractivity contribution in [1.29, 1.82) is 0 Å². The third kappa shape index (κ3) is 5.28. The highest BCUT2D eigenvalue weighted by molar-refractivity contribution is 6.06. The van der Waals surface area contributed by atoms with Crippen LogP contribution in [0, 0.1) is 0 Å². The van der Waals surface area contributed by atoms with Gasteiger partial charge in [0, 0.05) is 59.6 Å². The number of para-hydroxylation sites is 1. The minimum atomic E-state index is -0.182. The molecule has 0 atom stereocenters. The van der Waals surface area contributed by atoms with E-state index in [4.69, 9.17) is 4.98 Å². The zero-order valence-electron chi connectivity index (χ0n) is 22.4. The third-order valence-electron chi connectivity index (χ3n) is 6.26. The number of hydrogen-bond acceptors (Lipinski definition) is 6. The number of benzene rings is 2. The van der Waals surface area contributed by atoms with Crippen LogP contribution in [-0.2, 0) is 18.4 Å². The topological polar surface area (TPSA) is 92.9 Å². The molecule has 0 fully saturated rings. The van der Waals surface area contributed by atoms with E-state index in [1.165, 1.54) is 0 Å². The number of carbonyl (C=O) groups is 1. The van der Waals surface area contributed by atoms with Crippen LogP contribution in [0.25, 0.3) is 33.1 Å². The van der Waals surface area contributed by atoms with Crippen LogP contribution in [0.4, 0.5) is 17.3 Å². The number of nitrogens with one attached hydrogen (secondary N) is 2.